The van der Waals surface area contributed by atoms with Crippen LogP contribution >= 0.6 is 12.4 Å². The number of nitrogens with zero attached hydrogens (tertiary/aromatic N) is 1. The number of rotatable bonds is 5. The third kappa shape index (κ3) is 4.84. The zero-order valence-corrected chi connectivity index (χ0v) is 12.2. The lowest BCUT2D eigenvalue weighted by molar-refractivity contribution is 0.0958. The van der Waals surface area contributed by atoms with Crippen LogP contribution in [0.5, 0.6) is 5.75 Å². The Morgan fingerprint density at radius 3 is 2.37 bits per heavy atom. The fourth-order valence-corrected chi connectivity index (χ4v) is 2.36. The maximum atomic E-state index is 12.0. The fourth-order valence-electron chi connectivity index (χ4n) is 2.36. The van der Waals surface area contributed by atoms with Gasteiger partial charge in [-0.15, -0.1) is 12.4 Å². The molecule has 1 aromatic carbocycles. The molecule has 0 aliphatic carbocycles. The van der Waals surface area contributed by atoms with Gasteiger partial charge in [-0.25, -0.2) is 0 Å². The molecule has 1 aliphatic heterocycles. The van der Waals surface area contributed by atoms with E-state index in [1.54, 1.807) is 7.11 Å². The molecule has 0 spiro atoms. The summed E-state index contributed by atoms with van der Waals surface area (Å²) in [6.07, 6.45) is 4.50. The van der Waals surface area contributed by atoms with Crippen molar-refractivity contribution in [2.75, 3.05) is 26.7 Å². The van der Waals surface area contributed by atoms with Crippen LogP contribution in [0.1, 0.15) is 36.0 Å². The summed E-state index contributed by atoms with van der Waals surface area (Å²) in [6.45, 7) is 3.19. The number of ketones is 1. The van der Waals surface area contributed by atoms with Crippen molar-refractivity contribution in [2.45, 2.75) is 25.7 Å². The Morgan fingerprint density at radius 1 is 1.16 bits per heavy atom. The van der Waals surface area contributed by atoms with E-state index in [1.807, 2.05) is 24.3 Å². The van der Waals surface area contributed by atoms with Gasteiger partial charge in [0.15, 0.2) is 5.78 Å². The Morgan fingerprint density at radius 2 is 1.79 bits per heavy atom. The topological polar surface area (TPSA) is 29.5 Å². The minimum atomic E-state index is 0. The van der Waals surface area contributed by atoms with Crippen molar-refractivity contribution < 1.29 is 9.53 Å². The zero-order valence-electron chi connectivity index (χ0n) is 11.4. The number of piperidine rings is 1. The van der Waals surface area contributed by atoms with Crippen molar-refractivity contribution in [3.8, 4) is 5.75 Å². The second-order valence-corrected chi connectivity index (χ2v) is 4.80. The van der Waals surface area contributed by atoms with Crippen molar-refractivity contribution in [1.29, 1.82) is 0 Å². The third-order valence-corrected chi connectivity index (χ3v) is 3.52. The van der Waals surface area contributed by atoms with Crippen LogP contribution in [0.4, 0.5) is 0 Å². The van der Waals surface area contributed by atoms with Crippen molar-refractivity contribution in [2.24, 2.45) is 0 Å². The Balaban J connectivity index is 0.00000180. The molecule has 0 saturated carbocycles. The summed E-state index contributed by atoms with van der Waals surface area (Å²) in [5.74, 6) is 1.02. The number of likely N-dealkylation sites (tertiary alicyclic amines) is 1. The average molecular weight is 284 g/mol. The van der Waals surface area contributed by atoms with E-state index in [-0.39, 0.29) is 18.2 Å². The first-order valence-electron chi connectivity index (χ1n) is 6.69. The first-order valence-corrected chi connectivity index (χ1v) is 6.69. The van der Waals surface area contributed by atoms with Crippen molar-refractivity contribution >= 4 is 18.2 Å². The molecular formula is C15H22ClNO2. The average Bonchev–Trinajstić information content (AvgIpc) is 2.46. The molecule has 0 bridgehead atoms. The van der Waals surface area contributed by atoms with Gasteiger partial charge >= 0.3 is 0 Å². The van der Waals surface area contributed by atoms with Crippen LogP contribution in [-0.4, -0.2) is 37.4 Å². The largest absolute Gasteiger partial charge is 0.497 e. The van der Waals surface area contributed by atoms with E-state index in [9.17, 15) is 4.79 Å². The minimum Gasteiger partial charge on any atom is -0.497 e. The van der Waals surface area contributed by atoms with Gasteiger partial charge in [0.1, 0.15) is 5.75 Å². The lowest BCUT2D eigenvalue weighted by Gasteiger charge is -2.25. The van der Waals surface area contributed by atoms with Crippen LogP contribution in [0.3, 0.4) is 0 Å². The summed E-state index contributed by atoms with van der Waals surface area (Å²) in [7, 11) is 1.63. The molecule has 1 heterocycles. The summed E-state index contributed by atoms with van der Waals surface area (Å²) < 4.78 is 5.08. The SMILES string of the molecule is COc1ccc(C(=O)CCN2CCCCC2)cc1.Cl. The minimum absolute atomic E-state index is 0. The maximum Gasteiger partial charge on any atom is 0.164 e. The van der Waals surface area contributed by atoms with Crippen LogP contribution in [0, 0.1) is 0 Å². The molecule has 0 aromatic heterocycles. The summed E-state index contributed by atoms with van der Waals surface area (Å²) in [5, 5.41) is 0. The molecule has 1 aromatic rings. The lowest BCUT2D eigenvalue weighted by Crippen LogP contribution is -2.31. The molecular weight excluding hydrogens is 262 g/mol. The van der Waals surface area contributed by atoms with Gasteiger partial charge < -0.3 is 9.64 Å². The van der Waals surface area contributed by atoms with Crippen LogP contribution in [0.25, 0.3) is 0 Å². The summed E-state index contributed by atoms with van der Waals surface area (Å²) in [6, 6.07) is 7.37. The Kier molecular flexibility index (Phi) is 6.89. The van der Waals surface area contributed by atoms with Gasteiger partial charge in [0.2, 0.25) is 0 Å². The summed E-state index contributed by atoms with van der Waals surface area (Å²) >= 11 is 0. The van der Waals surface area contributed by atoms with Crippen LogP contribution in [0.15, 0.2) is 24.3 Å². The second kappa shape index (κ2) is 8.18. The third-order valence-electron chi connectivity index (χ3n) is 3.52. The van der Waals surface area contributed by atoms with Gasteiger partial charge in [-0.2, -0.15) is 0 Å². The van der Waals surface area contributed by atoms with Crippen molar-refractivity contribution in [3.63, 3.8) is 0 Å². The number of carbonyl (C=O) groups excluding carboxylic acids is 1. The van der Waals surface area contributed by atoms with E-state index in [0.717, 1.165) is 30.9 Å². The standard InChI is InChI=1S/C15H21NO2.ClH/c1-18-14-7-5-13(6-8-14)15(17)9-12-16-10-3-2-4-11-16;/h5-8H,2-4,9-12H2,1H3;1H. The highest BCUT2D eigenvalue weighted by molar-refractivity contribution is 5.96. The molecule has 2 rings (SSSR count). The molecule has 0 N–H and O–H groups in total. The van der Waals surface area contributed by atoms with Gasteiger partial charge in [0.25, 0.3) is 0 Å². The number of benzene rings is 1. The predicted molar refractivity (Wildman–Crippen MR) is 79.5 cm³/mol. The molecule has 1 saturated heterocycles. The Hall–Kier alpha value is -1.06. The number of Topliss-reactive ketones (excluding diaryl/α,β-unsaturated/α-hetero) is 1. The van der Waals surface area contributed by atoms with Gasteiger partial charge in [-0.3, -0.25) is 4.79 Å². The van der Waals surface area contributed by atoms with Gasteiger partial charge in [-0.1, -0.05) is 6.42 Å². The van der Waals surface area contributed by atoms with Gasteiger partial charge in [-0.05, 0) is 50.2 Å². The molecule has 1 aliphatic rings. The van der Waals surface area contributed by atoms with Crippen LogP contribution < -0.4 is 4.74 Å². The van der Waals surface area contributed by atoms with Crippen molar-refractivity contribution in [3.05, 3.63) is 29.8 Å². The highest BCUT2D eigenvalue weighted by atomic mass is 35.5. The van der Waals surface area contributed by atoms with E-state index < -0.39 is 0 Å². The lowest BCUT2D eigenvalue weighted by atomic mass is 10.1. The van der Waals surface area contributed by atoms with Crippen LogP contribution in [0.2, 0.25) is 0 Å². The summed E-state index contributed by atoms with van der Waals surface area (Å²) in [4.78, 5) is 14.4. The molecule has 19 heavy (non-hydrogen) atoms. The van der Waals surface area contributed by atoms with Crippen molar-refractivity contribution in [1.82, 2.24) is 4.90 Å². The first kappa shape index (κ1) is 16.0. The fraction of sp³-hybridized carbons (Fsp3) is 0.533. The van der Waals surface area contributed by atoms with Crippen LogP contribution in [-0.2, 0) is 0 Å². The Bertz CT molecular complexity index is 386. The monoisotopic (exact) mass is 283 g/mol. The Labute approximate surface area is 121 Å². The van der Waals surface area contributed by atoms with Gasteiger partial charge in [0, 0.05) is 18.5 Å². The molecule has 3 nitrogen and oxygen atoms in total. The number of hydrogen-bond acceptors (Lipinski definition) is 3. The first-order chi connectivity index (χ1) is 8.79. The highest BCUT2D eigenvalue weighted by Gasteiger charge is 2.12. The molecule has 0 amide bonds. The summed E-state index contributed by atoms with van der Waals surface area (Å²) in [5.41, 5.74) is 0.785. The highest BCUT2D eigenvalue weighted by Crippen LogP contribution is 2.14. The number of methoxy groups -OCH3 is 1. The van der Waals surface area contributed by atoms with E-state index in [2.05, 4.69) is 4.90 Å². The van der Waals surface area contributed by atoms with E-state index >= 15 is 0 Å². The predicted octanol–water partition coefficient (Wildman–Crippen LogP) is 3.18. The zero-order chi connectivity index (χ0) is 12.8. The molecule has 0 unspecified atom stereocenters. The molecule has 0 atom stereocenters. The number of hydrogen-bond donors (Lipinski definition) is 0. The number of halogens is 1. The molecule has 1 fully saturated rings. The normalized spacial score (nSPS) is 15.6. The molecule has 0 radical (unpaired) electrons. The molecule has 4 heteroatoms. The maximum absolute atomic E-state index is 12.0. The quantitative estimate of drug-likeness (QED) is 0.778. The van der Waals surface area contributed by atoms with E-state index in [1.165, 1.54) is 19.3 Å². The van der Waals surface area contributed by atoms with Gasteiger partial charge in [0.05, 0.1) is 7.11 Å². The number of carbonyl (C=O) groups is 1. The van der Waals surface area contributed by atoms with E-state index in [0.29, 0.717) is 6.42 Å². The number of ether oxygens (including phenoxy) is 1. The van der Waals surface area contributed by atoms with E-state index in [4.69, 9.17) is 4.74 Å². The smallest absolute Gasteiger partial charge is 0.164 e. The molecule has 106 valence electrons. The second-order valence-electron chi connectivity index (χ2n) is 4.80.